The number of hydrogen-bond acceptors (Lipinski definition) is 4. The highest BCUT2D eigenvalue weighted by Gasteiger charge is 2.33. The van der Waals surface area contributed by atoms with Gasteiger partial charge in [0.1, 0.15) is 17.3 Å². The highest BCUT2D eigenvalue weighted by molar-refractivity contribution is 6.00. The fourth-order valence-corrected chi connectivity index (χ4v) is 6.40. The minimum Gasteiger partial charge on any atom is -0.300 e. The molecule has 0 heterocycles. The van der Waals surface area contributed by atoms with Gasteiger partial charge in [0.15, 0.2) is 5.78 Å². The Bertz CT molecular complexity index is 922. The SMILES string of the molecule is CC(=O)C1CCCCC1.CCCC(CC1CC(=O)c2c(C)ccc(C)c2C1)C(CC)C(=O)CC(C)=O. The Morgan fingerprint density at radius 1 is 0.944 bits per heavy atom. The van der Waals surface area contributed by atoms with Crippen LogP contribution in [0.2, 0.25) is 0 Å². The van der Waals surface area contributed by atoms with Crippen LogP contribution in [0.25, 0.3) is 0 Å². The predicted octanol–water partition coefficient (Wildman–Crippen LogP) is 7.59. The second-order valence-electron chi connectivity index (χ2n) is 11.3. The monoisotopic (exact) mass is 496 g/mol. The van der Waals surface area contributed by atoms with Crippen LogP contribution in [0.15, 0.2) is 12.1 Å². The van der Waals surface area contributed by atoms with E-state index < -0.39 is 0 Å². The number of hydrogen-bond donors (Lipinski definition) is 0. The second-order valence-corrected chi connectivity index (χ2v) is 11.3. The maximum atomic E-state index is 12.8. The van der Waals surface area contributed by atoms with Crippen molar-refractivity contribution in [1.82, 2.24) is 0 Å². The number of carbonyl (C=O) groups excluding carboxylic acids is 4. The summed E-state index contributed by atoms with van der Waals surface area (Å²) >= 11 is 0. The third-order valence-electron chi connectivity index (χ3n) is 8.32. The lowest BCUT2D eigenvalue weighted by Gasteiger charge is -2.32. The summed E-state index contributed by atoms with van der Waals surface area (Å²) in [4.78, 5) is 47.7. The predicted molar refractivity (Wildman–Crippen MR) is 146 cm³/mol. The summed E-state index contributed by atoms with van der Waals surface area (Å²) in [5, 5.41) is 0. The zero-order chi connectivity index (χ0) is 26.8. The lowest BCUT2D eigenvalue weighted by Crippen LogP contribution is -2.30. The van der Waals surface area contributed by atoms with Crippen molar-refractivity contribution in [3.05, 3.63) is 34.4 Å². The van der Waals surface area contributed by atoms with Crippen molar-refractivity contribution < 1.29 is 19.2 Å². The van der Waals surface area contributed by atoms with Crippen LogP contribution in [0.5, 0.6) is 0 Å². The molecule has 0 amide bonds. The number of carbonyl (C=O) groups is 4. The van der Waals surface area contributed by atoms with E-state index in [1.807, 2.05) is 19.9 Å². The average molecular weight is 497 g/mol. The molecule has 4 heteroatoms. The highest BCUT2D eigenvalue weighted by atomic mass is 16.1. The van der Waals surface area contributed by atoms with Gasteiger partial charge in [0.2, 0.25) is 0 Å². The smallest absolute Gasteiger partial charge is 0.163 e. The normalized spacial score (nSPS) is 19.5. The van der Waals surface area contributed by atoms with Crippen molar-refractivity contribution in [2.24, 2.45) is 23.7 Å². The van der Waals surface area contributed by atoms with Gasteiger partial charge in [-0.15, -0.1) is 0 Å². The maximum Gasteiger partial charge on any atom is 0.163 e. The van der Waals surface area contributed by atoms with Crippen LogP contribution < -0.4 is 0 Å². The van der Waals surface area contributed by atoms with Gasteiger partial charge < -0.3 is 0 Å². The first-order valence-electron chi connectivity index (χ1n) is 14.2. The summed E-state index contributed by atoms with van der Waals surface area (Å²) in [6.45, 7) is 11.5. The Labute approximate surface area is 219 Å². The molecule has 2 aliphatic rings. The Morgan fingerprint density at radius 3 is 2.11 bits per heavy atom. The van der Waals surface area contributed by atoms with Gasteiger partial charge in [-0.25, -0.2) is 0 Å². The molecule has 0 aromatic heterocycles. The third-order valence-corrected chi connectivity index (χ3v) is 8.32. The molecule has 3 unspecified atom stereocenters. The maximum absolute atomic E-state index is 12.8. The lowest BCUT2D eigenvalue weighted by molar-refractivity contribution is -0.130. The van der Waals surface area contributed by atoms with Crippen molar-refractivity contribution in [2.75, 3.05) is 0 Å². The molecule has 0 spiro atoms. The van der Waals surface area contributed by atoms with E-state index in [0.29, 0.717) is 24.0 Å². The molecule has 3 atom stereocenters. The Kier molecular flexibility index (Phi) is 12.2. The van der Waals surface area contributed by atoms with Crippen LogP contribution in [0.3, 0.4) is 0 Å². The zero-order valence-corrected chi connectivity index (χ0v) is 23.6. The summed E-state index contributed by atoms with van der Waals surface area (Å²) in [7, 11) is 0. The molecule has 1 aromatic rings. The van der Waals surface area contributed by atoms with Gasteiger partial charge >= 0.3 is 0 Å². The molecule has 36 heavy (non-hydrogen) atoms. The lowest BCUT2D eigenvalue weighted by atomic mass is 9.71. The first kappa shape index (κ1) is 30.1. The molecule has 0 saturated heterocycles. The van der Waals surface area contributed by atoms with E-state index in [1.54, 1.807) is 6.92 Å². The van der Waals surface area contributed by atoms with Gasteiger partial charge in [0.25, 0.3) is 0 Å². The second kappa shape index (κ2) is 14.6. The molecule has 4 nitrogen and oxygen atoms in total. The minimum atomic E-state index is -0.0658. The van der Waals surface area contributed by atoms with Crippen molar-refractivity contribution >= 4 is 23.1 Å². The fourth-order valence-electron chi connectivity index (χ4n) is 6.40. The third kappa shape index (κ3) is 8.49. The molecule has 3 rings (SSSR count). The largest absolute Gasteiger partial charge is 0.300 e. The molecule has 200 valence electrons. The van der Waals surface area contributed by atoms with E-state index in [2.05, 4.69) is 19.9 Å². The molecule has 1 fully saturated rings. The first-order valence-corrected chi connectivity index (χ1v) is 14.2. The van der Waals surface area contributed by atoms with E-state index in [9.17, 15) is 19.2 Å². The number of fused-ring (bicyclic) bond motifs is 1. The summed E-state index contributed by atoms with van der Waals surface area (Å²) in [5.74, 6) is 1.58. The van der Waals surface area contributed by atoms with Crippen LogP contribution in [-0.2, 0) is 20.8 Å². The van der Waals surface area contributed by atoms with Gasteiger partial charge in [-0.1, -0.05) is 58.1 Å². The zero-order valence-electron chi connectivity index (χ0n) is 23.6. The molecule has 2 aliphatic carbocycles. The van der Waals surface area contributed by atoms with E-state index in [-0.39, 0.29) is 35.6 Å². The highest BCUT2D eigenvalue weighted by Crippen LogP contribution is 2.37. The Hall–Kier alpha value is -2.10. The number of ketones is 4. The summed E-state index contributed by atoms with van der Waals surface area (Å²) in [6.07, 6.45) is 11.4. The molecule has 1 saturated carbocycles. The molecular formula is C32H48O4. The van der Waals surface area contributed by atoms with Gasteiger partial charge in [-0.2, -0.15) is 0 Å². The molecular weight excluding hydrogens is 448 g/mol. The van der Waals surface area contributed by atoms with Crippen LogP contribution in [0.4, 0.5) is 0 Å². The topological polar surface area (TPSA) is 68.3 Å². The van der Waals surface area contributed by atoms with Gasteiger partial charge in [-0.3, -0.25) is 19.2 Å². The Balaban J connectivity index is 0.000000425. The average Bonchev–Trinajstić information content (AvgIpc) is 2.82. The van der Waals surface area contributed by atoms with Crippen LogP contribution >= 0.6 is 0 Å². The standard InChI is InChI=1S/C24H34O3.C8H14O/c1-6-8-19(20(7-2)22(26)11-17(5)25)12-18-13-21-15(3)9-10-16(4)24(21)23(27)14-18;1-7(9)8-5-3-2-4-6-8/h9-10,18-20H,6-8,11-14H2,1-5H3;8H,2-6H2,1H3. The molecule has 0 aliphatic heterocycles. The summed E-state index contributed by atoms with van der Waals surface area (Å²) < 4.78 is 0. The number of benzene rings is 1. The van der Waals surface area contributed by atoms with E-state index >= 15 is 0 Å². The van der Waals surface area contributed by atoms with Crippen LogP contribution in [0, 0.1) is 37.5 Å². The molecule has 0 bridgehead atoms. The summed E-state index contributed by atoms with van der Waals surface area (Å²) in [5.41, 5.74) is 4.40. The van der Waals surface area contributed by atoms with Crippen LogP contribution in [0.1, 0.15) is 125 Å². The number of rotatable bonds is 10. The number of aryl methyl sites for hydroxylation is 2. The first-order chi connectivity index (χ1) is 17.1. The van der Waals surface area contributed by atoms with Gasteiger partial charge in [0.05, 0.1) is 6.42 Å². The van der Waals surface area contributed by atoms with E-state index in [4.69, 9.17) is 0 Å². The quantitative estimate of drug-likeness (QED) is 0.313. The van der Waals surface area contributed by atoms with Crippen molar-refractivity contribution in [3.8, 4) is 0 Å². The summed E-state index contributed by atoms with van der Waals surface area (Å²) in [6, 6.07) is 4.15. The minimum absolute atomic E-state index is 0.0451. The van der Waals surface area contributed by atoms with Crippen LogP contribution in [-0.4, -0.2) is 23.1 Å². The van der Waals surface area contributed by atoms with Gasteiger partial charge in [-0.05, 0) is 88.3 Å². The number of Topliss-reactive ketones (excluding diaryl/α,β-unsaturated/α-hetero) is 4. The molecule has 1 aromatic carbocycles. The molecule has 0 radical (unpaired) electrons. The molecule has 0 N–H and O–H groups in total. The van der Waals surface area contributed by atoms with Crippen molar-refractivity contribution in [2.45, 2.75) is 119 Å². The van der Waals surface area contributed by atoms with Crippen molar-refractivity contribution in [3.63, 3.8) is 0 Å². The van der Waals surface area contributed by atoms with E-state index in [0.717, 1.165) is 56.1 Å². The van der Waals surface area contributed by atoms with Crippen molar-refractivity contribution in [1.29, 1.82) is 0 Å². The Morgan fingerprint density at radius 2 is 1.58 bits per heavy atom. The fraction of sp³-hybridized carbons (Fsp3) is 0.688. The van der Waals surface area contributed by atoms with Gasteiger partial charge in [0, 0.05) is 23.8 Å². The van der Waals surface area contributed by atoms with E-state index in [1.165, 1.54) is 37.3 Å².